The van der Waals surface area contributed by atoms with Gasteiger partial charge in [0.1, 0.15) is 6.04 Å². The number of aliphatic carboxylic acids is 1. The number of benzene rings is 1. The van der Waals surface area contributed by atoms with Crippen molar-refractivity contribution in [3.63, 3.8) is 0 Å². The highest BCUT2D eigenvalue weighted by atomic mass is 16.4. The first-order valence-corrected chi connectivity index (χ1v) is 4.78. The van der Waals surface area contributed by atoms with Crippen LogP contribution in [-0.2, 0) is 11.2 Å². The van der Waals surface area contributed by atoms with E-state index in [1.165, 1.54) is 0 Å². The van der Waals surface area contributed by atoms with E-state index >= 15 is 0 Å². The van der Waals surface area contributed by atoms with Gasteiger partial charge in [0.05, 0.1) is 0 Å². The fourth-order valence-electron chi connectivity index (χ4n) is 1.35. The normalized spacial score (nSPS) is 11.8. The van der Waals surface area contributed by atoms with Crippen molar-refractivity contribution in [3.8, 4) is 0 Å². The maximum Gasteiger partial charge on any atom is 0.326 e. The number of nitrogens with one attached hydrogen (secondary N) is 1. The molecule has 0 amide bonds. The van der Waals surface area contributed by atoms with Crippen LogP contribution in [0.5, 0.6) is 0 Å². The van der Waals surface area contributed by atoms with Gasteiger partial charge in [0.15, 0.2) is 0 Å². The molecule has 0 spiro atoms. The van der Waals surface area contributed by atoms with Gasteiger partial charge in [-0.2, -0.15) is 0 Å². The number of hydrogen-bond donors (Lipinski definition) is 2. The molecule has 1 rings (SSSR count). The molecule has 0 fully saturated rings. The van der Waals surface area contributed by atoms with Gasteiger partial charge in [-0.25, -0.2) is 4.79 Å². The van der Waals surface area contributed by atoms with Crippen LogP contribution in [0.25, 0.3) is 0 Å². The van der Waals surface area contributed by atoms with Gasteiger partial charge in [0.25, 0.3) is 0 Å². The number of hydrogen-bond acceptors (Lipinski definition) is 2. The topological polar surface area (TPSA) is 49.3 Å². The molecule has 0 saturated heterocycles. The third-order valence-corrected chi connectivity index (χ3v) is 2.00. The van der Waals surface area contributed by atoms with E-state index < -0.39 is 12.0 Å². The van der Waals surface area contributed by atoms with Crippen LogP contribution >= 0.6 is 0 Å². The molecule has 3 nitrogen and oxygen atoms in total. The van der Waals surface area contributed by atoms with E-state index in [4.69, 9.17) is 5.11 Å². The Labute approximate surface area is 89.4 Å². The minimum Gasteiger partial charge on any atom is -0.480 e. The molecule has 0 aliphatic rings. The predicted molar refractivity (Wildman–Crippen MR) is 59.5 cm³/mol. The quantitative estimate of drug-likeness (QED) is 0.770. The summed E-state index contributed by atoms with van der Waals surface area (Å²) in [5.41, 5.74) is 1.66. The van der Waals surface area contributed by atoms with E-state index in [2.05, 4.69) is 11.9 Å². The molecule has 1 aromatic rings. The van der Waals surface area contributed by atoms with Crippen LogP contribution in [0.2, 0.25) is 0 Å². The van der Waals surface area contributed by atoms with Crippen molar-refractivity contribution < 1.29 is 9.90 Å². The number of carboxylic acids is 1. The third-order valence-electron chi connectivity index (χ3n) is 2.00. The smallest absolute Gasteiger partial charge is 0.326 e. The van der Waals surface area contributed by atoms with Gasteiger partial charge in [-0.3, -0.25) is 0 Å². The SMILES string of the molecule is C=C(C)N[C@@H](Cc1ccccc1)C(=O)O. The summed E-state index contributed by atoms with van der Waals surface area (Å²) in [6, 6.07) is 8.92. The fraction of sp³-hybridized carbons (Fsp3) is 0.250. The third kappa shape index (κ3) is 3.85. The number of rotatable bonds is 5. The highest BCUT2D eigenvalue weighted by Gasteiger charge is 2.16. The zero-order valence-corrected chi connectivity index (χ0v) is 8.73. The first-order chi connectivity index (χ1) is 7.09. The number of carbonyl (C=O) groups is 1. The second-order valence-electron chi connectivity index (χ2n) is 3.51. The largest absolute Gasteiger partial charge is 0.480 e. The standard InChI is InChI=1S/C12H15NO2/c1-9(2)13-11(12(14)15)8-10-6-4-3-5-7-10/h3-7,11,13H,1,8H2,2H3,(H,14,15)/t11-/m0/s1. The van der Waals surface area contributed by atoms with Crippen molar-refractivity contribution in [3.05, 3.63) is 48.2 Å². The van der Waals surface area contributed by atoms with Crippen LogP contribution in [0.4, 0.5) is 0 Å². The maximum atomic E-state index is 10.9. The monoisotopic (exact) mass is 205 g/mol. The molecule has 0 heterocycles. The van der Waals surface area contributed by atoms with Gasteiger partial charge >= 0.3 is 5.97 Å². The Kier molecular flexibility index (Phi) is 3.92. The average Bonchev–Trinajstić information content (AvgIpc) is 2.17. The van der Waals surface area contributed by atoms with Crippen molar-refractivity contribution in [2.24, 2.45) is 0 Å². The fourth-order valence-corrected chi connectivity index (χ4v) is 1.35. The van der Waals surface area contributed by atoms with Crippen molar-refractivity contribution in [2.45, 2.75) is 19.4 Å². The molecule has 0 aliphatic heterocycles. The van der Waals surface area contributed by atoms with E-state index in [9.17, 15) is 4.79 Å². The van der Waals surface area contributed by atoms with Gasteiger partial charge in [0, 0.05) is 12.1 Å². The van der Waals surface area contributed by atoms with E-state index in [-0.39, 0.29) is 0 Å². The average molecular weight is 205 g/mol. The first kappa shape index (κ1) is 11.3. The molecule has 0 unspecified atom stereocenters. The highest BCUT2D eigenvalue weighted by molar-refractivity contribution is 5.74. The molecule has 0 radical (unpaired) electrons. The Balaban J connectivity index is 2.67. The van der Waals surface area contributed by atoms with E-state index in [0.717, 1.165) is 5.56 Å². The molecular formula is C12H15NO2. The van der Waals surface area contributed by atoms with E-state index in [1.54, 1.807) is 6.92 Å². The lowest BCUT2D eigenvalue weighted by molar-refractivity contribution is -0.139. The molecule has 0 saturated carbocycles. The molecule has 0 bridgehead atoms. The molecule has 2 N–H and O–H groups in total. The lowest BCUT2D eigenvalue weighted by Gasteiger charge is -2.15. The molecule has 1 aromatic carbocycles. The van der Waals surface area contributed by atoms with Gasteiger partial charge in [0.2, 0.25) is 0 Å². The second-order valence-corrected chi connectivity index (χ2v) is 3.51. The molecular weight excluding hydrogens is 190 g/mol. The second kappa shape index (κ2) is 5.20. The number of allylic oxidation sites excluding steroid dienone is 1. The lowest BCUT2D eigenvalue weighted by atomic mass is 10.1. The predicted octanol–water partition coefficient (Wildman–Crippen LogP) is 1.81. The maximum absolute atomic E-state index is 10.9. The molecule has 15 heavy (non-hydrogen) atoms. The molecule has 3 heteroatoms. The first-order valence-electron chi connectivity index (χ1n) is 4.78. The zero-order valence-electron chi connectivity index (χ0n) is 8.73. The molecule has 80 valence electrons. The lowest BCUT2D eigenvalue weighted by Crippen LogP contribution is -2.37. The number of carboxylic acid groups (broad SMARTS) is 1. The summed E-state index contributed by atoms with van der Waals surface area (Å²) in [4.78, 5) is 10.9. The van der Waals surface area contributed by atoms with Crippen LogP contribution < -0.4 is 5.32 Å². The highest BCUT2D eigenvalue weighted by Crippen LogP contribution is 2.04. The van der Waals surface area contributed by atoms with Crippen LogP contribution in [0.3, 0.4) is 0 Å². The molecule has 0 aromatic heterocycles. The molecule has 1 atom stereocenters. The van der Waals surface area contributed by atoms with Crippen LogP contribution in [-0.4, -0.2) is 17.1 Å². The minimum atomic E-state index is -0.859. The summed E-state index contributed by atoms with van der Waals surface area (Å²) in [6.45, 7) is 5.40. The summed E-state index contributed by atoms with van der Waals surface area (Å²) < 4.78 is 0. The Morgan fingerprint density at radius 3 is 2.53 bits per heavy atom. The van der Waals surface area contributed by atoms with Crippen molar-refractivity contribution >= 4 is 5.97 Å². The Morgan fingerprint density at radius 2 is 2.07 bits per heavy atom. The van der Waals surface area contributed by atoms with Gasteiger partial charge < -0.3 is 10.4 Å². The van der Waals surface area contributed by atoms with E-state index in [1.807, 2.05) is 30.3 Å². The molecule has 0 aliphatic carbocycles. The van der Waals surface area contributed by atoms with Crippen LogP contribution in [0.1, 0.15) is 12.5 Å². The van der Waals surface area contributed by atoms with Crippen LogP contribution in [0.15, 0.2) is 42.6 Å². The van der Waals surface area contributed by atoms with Crippen molar-refractivity contribution in [1.82, 2.24) is 5.32 Å². The van der Waals surface area contributed by atoms with Crippen molar-refractivity contribution in [2.75, 3.05) is 0 Å². The zero-order chi connectivity index (χ0) is 11.3. The van der Waals surface area contributed by atoms with Crippen LogP contribution in [0, 0.1) is 0 Å². The van der Waals surface area contributed by atoms with Gasteiger partial charge in [-0.15, -0.1) is 0 Å². The van der Waals surface area contributed by atoms with Gasteiger partial charge in [-0.05, 0) is 12.5 Å². The summed E-state index contributed by atoms with van der Waals surface area (Å²) in [6.07, 6.45) is 0.461. The minimum absolute atomic E-state index is 0.461. The van der Waals surface area contributed by atoms with E-state index in [0.29, 0.717) is 12.1 Å². The summed E-state index contributed by atoms with van der Waals surface area (Å²) >= 11 is 0. The van der Waals surface area contributed by atoms with Gasteiger partial charge in [-0.1, -0.05) is 36.9 Å². The van der Waals surface area contributed by atoms with Crippen molar-refractivity contribution in [1.29, 1.82) is 0 Å². The Bertz CT molecular complexity index is 346. The Hall–Kier alpha value is -1.77. The Morgan fingerprint density at radius 1 is 1.47 bits per heavy atom. The summed E-state index contributed by atoms with van der Waals surface area (Å²) in [7, 11) is 0. The summed E-state index contributed by atoms with van der Waals surface area (Å²) in [5.74, 6) is -0.859. The summed E-state index contributed by atoms with van der Waals surface area (Å²) in [5, 5.41) is 11.8.